The number of aryl methyl sites for hydroxylation is 1. The van der Waals surface area contributed by atoms with Crippen LogP contribution in [-0.2, 0) is 4.84 Å². The van der Waals surface area contributed by atoms with Gasteiger partial charge >= 0.3 is 0 Å². The fourth-order valence-electron chi connectivity index (χ4n) is 2.72. The third-order valence-electron chi connectivity index (χ3n) is 4.04. The summed E-state index contributed by atoms with van der Waals surface area (Å²) in [6.45, 7) is 5.46. The Bertz CT molecular complexity index is 1060. The van der Waals surface area contributed by atoms with Crippen molar-refractivity contribution in [2.75, 3.05) is 11.9 Å². The van der Waals surface area contributed by atoms with Crippen LogP contribution < -0.4 is 5.32 Å². The first-order valence-corrected chi connectivity index (χ1v) is 9.83. The summed E-state index contributed by atoms with van der Waals surface area (Å²) < 4.78 is 26.4. The molecule has 0 spiro atoms. The summed E-state index contributed by atoms with van der Waals surface area (Å²) in [5.41, 5.74) is 2.48. The number of amides is 1. The van der Waals surface area contributed by atoms with Crippen molar-refractivity contribution in [3.63, 3.8) is 0 Å². The van der Waals surface area contributed by atoms with Gasteiger partial charge in [0.2, 0.25) is 0 Å². The number of nitrogens with one attached hydrogen (secondary N) is 1. The van der Waals surface area contributed by atoms with Gasteiger partial charge in [0.1, 0.15) is 17.2 Å². The summed E-state index contributed by atoms with van der Waals surface area (Å²) >= 11 is 0.949. The molecule has 1 amide bonds. The number of carbonyl (C=O) groups is 1. The highest BCUT2D eigenvalue weighted by atomic mass is 32.1. The van der Waals surface area contributed by atoms with Gasteiger partial charge in [-0.15, -0.1) is 11.3 Å². The Balaban J connectivity index is 1.82. The first-order chi connectivity index (χ1) is 14.5. The fraction of sp³-hybridized carbons (Fsp3) is 0.136. The number of rotatable bonds is 8. The molecule has 2 aromatic carbocycles. The highest BCUT2D eigenvalue weighted by Crippen LogP contribution is 2.31. The fourth-order valence-corrected chi connectivity index (χ4v) is 3.54. The zero-order valence-electron chi connectivity index (χ0n) is 16.1. The number of hydrogen-bond donors (Lipinski definition) is 1. The van der Waals surface area contributed by atoms with Crippen LogP contribution in [0, 0.1) is 6.92 Å². The first kappa shape index (κ1) is 21.3. The highest BCUT2D eigenvalue weighted by molar-refractivity contribution is 7.13. The van der Waals surface area contributed by atoms with E-state index in [1.54, 1.807) is 31.3 Å². The molecule has 0 atom stereocenters. The topological polar surface area (TPSA) is 63.6 Å². The summed E-state index contributed by atoms with van der Waals surface area (Å²) in [7, 11) is 0. The number of alkyl halides is 2. The quantitative estimate of drug-likeness (QED) is 0.212. The minimum atomic E-state index is -2.81. The molecule has 1 heterocycles. The maximum atomic E-state index is 13.2. The van der Waals surface area contributed by atoms with Gasteiger partial charge in [-0.1, -0.05) is 60.3 Å². The molecule has 0 aliphatic rings. The molecule has 1 N–H and O–H groups in total. The van der Waals surface area contributed by atoms with E-state index in [0.717, 1.165) is 28.0 Å². The Kier molecular flexibility index (Phi) is 7.03. The van der Waals surface area contributed by atoms with Crippen LogP contribution in [0.5, 0.6) is 0 Å². The van der Waals surface area contributed by atoms with Crippen LogP contribution in [0.15, 0.2) is 66.3 Å². The van der Waals surface area contributed by atoms with Crippen molar-refractivity contribution in [2.45, 2.75) is 13.3 Å². The minimum absolute atomic E-state index is 0.0802. The van der Waals surface area contributed by atoms with Gasteiger partial charge in [0.25, 0.3) is 12.3 Å². The molecule has 8 heteroatoms. The number of para-hydroxylation sites is 1. The Labute approximate surface area is 176 Å². The van der Waals surface area contributed by atoms with Crippen LogP contribution in [0.1, 0.15) is 32.4 Å². The lowest BCUT2D eigenvalue weighted by Crippen LogP contribution is -2.13. The lowest BCUT2D eigenvalue weighted by atomic mass is 10.0. The molecule has 0 saturated heterocycles. The number of oxime groups is 1. The molecule has 3 rings (SSSR count). The first-order valence-electron chi connectivity index (χ1n) is 9.02. The predicted molar refractivity (Wildman–Crippen MR) is 115 cm³/mol. The van der Waals surface area contributed by atoms with Crippen LogP contribution in [0.25, 0.3) is 11.1 Å². The summed E-state index contributed by atoms with van der Waals surface area (Å²) in [5.74, 6) is -0.605. The molecule has 0 fully saturated rings. The number of benzene rings is 2. The van der Waals surface area contributed by atoms with Crippen LogP contribution in [-0.4, -0.2) is 23.7 Å². The average molecular weight is 427 g/mol. The van der Waals surface area contributed by atoms with Crippen molar-refractivity contribution in [2.24, 2.45) is 5.16 Å². The van der Waals surface area contributed by atoms with Gasteiger partial charge in [0, 0.05) is 11.3 Å². The molecule has 0 bridgehead atoms. The Morgan fingerprint density at radius 3 is 2.70 bits per heavy atom. The zero-order chi connectivity index (χ0) is 21.5. The van der Waals surface area contributed by atoms with Crippen LogP contribution in [0.4, 0.5) is 14.5 Å². The van der Waals surface area contributed by atoms with Gasteiger partial charge in [-0.25, -0.2) is 13.8 Å². The smallest absolute Gasteiger partial charge is 0.282 e. The number of anilines is 1. The van der Waals surface area contributed by atoms with Crippen molar-refractivity contribution in [1.82, 2.24) is 4.98 Å². The Hall–Kier alpha value is -3.39. The molecule has 0 aliphatic heterocycles. The molecule has 0 saturated carbocycles. The summed E-state index contributed by atoms with van der Waals surface area (Å²) in [6.07, 6.45) is 0.373. The summed E-state index contributed by atoms with van der Waals surface area (Å²) in [5, 5.41) is 6.98. The second kappa shape index (κ2) is 9.89. The average Bonchev–Trinajstić information content (AvgIpc) is 3.14. The molecular weight excluding hydrogens is 408 g/mol. The lowest BCUT2D eigenvalue weighted by molar-refractivity contribution is 0.101. The van der Waals surface area contributed by atoms with Crippen molar-refractivity contribution in [3.05, 3.63) is 82.3 Å². The molecule has 0 radical (unpaired) electrons. The molecule has 0 aliphatic carbocycles. The minimum Gasteiger partial charge on any atom is -0.392 e. The molecule has 5 nitrogen and oxygen atoms in total. The second-order valence-corrected chi connectivity index (χ2v) is 7.39. The van der Waals surface area contributed by atoms with E-state index in [1.807, 2.05) is 36.4 Å². The van der Waals surface area contributed by atoms with Gasteiger partial charge < -0.3 is 10.2 Å². The van der Waals surface area contributed by atoms with E-state index in [0.29, 0.717) is 17.3 Å². The molecule has 154 valence electrons. The van der Waals surface area contributed by atoms with E-state index in [1.165, 1.54) is 0 Å². The van der Waals surface area contributed by atoms with Crippen LogP contribution in [0.2, 0.25) is 0 Å². The maximum absolute atomic E-state index is 13.2. The van der Waals surface area contributed by atoms with Crippen LogP contribution >= 0.6 is 11.3 Å². The number of thiazole rings is 1. The van der Waals surface area contributed by atoms with Crippen molar-refractivity contribution >= 4 is 29.1 Å². The zero-order valence-corrected chi connectivity index (χ0v) is 17.0. The van der Waals surface area contributed by atoms with E-state index >= 15 is 0 Å². The van der Waals surface area contributed by atoms with Crippen molar-refractivity contribution in [3.8, 4) is 11.1 Å². The van der Waals surface area contributed by atoms with E-state index in [-0.39, 0.29) is 4.88 Å². The molecule has 30 heavy (non-hydrogen) atoms. The number of halogens is 2. The second-order valence-electron chi connectivity index (χ2n) is 6.19. The van der Waals surface area contributed by atoms with Crippen molar-refractivity contribution in [1.29, 1.82) is 0 Å². The van der Waals surface area contributed by atoms with Gasteiger partial charge in [-0.3, -0.25) is 4.79 Å². The number of hydrogen-bond acceptors (Lipinski definition) is 5. The lowest BCUT2D eigenvalue weighted by Gasteiger charge is -2.11. The number of carbonyl (C=O) groups excluding carboxylic acids is 1. The third kappa shape index (κ3) is 5.15. The van der Waals surface area contributed by atoms with E-state index in [9.17, 15) is 13.6 Å². The van der Waals surface area contributed by atoms with Crippen molar-refractivity contribution < 1.29 is 18.4 Å². The largest absolute Gasteiger partial charge is 0.392 e. The number of nitrogens with zero attached hydrogens (tertiary/aromatic N) is 2. The Morgan fingerprint density at radius 2 is 2.00 bits per heavy atom. The van der Waals surface area contributed by atoms with E-state index < -0.39 is 18.0 Å². The molecule has 3 aromatic rings. The van der Waals surface area contributed by atoms with Gasteiger partial charge in [0.05, 0.1) is 11.2 Å². The third-order valence-corrected chi connectivity index (χ3v) is 5.02. The molecule has 0 unspecified atom stereocenters. The van der Waals surface area contributed by atoms with Crippen LogP contribution in [0.3, 0.4) is 0 Å². The van der Waals surface area contributed by atoms with E-state index in [4.69, 9.17) is 4.84 Å². The predicted octanol–water partition coefficient (Wildman–Crippen LogP) is 5.84. The highest BCUT2D eigenvalue weighted by Gasteiger charge is 2.24. The van der Waals surface area contributed by atoms with E-state index in [2.05, 4.69) is 22.0 Å². The SMILES string of the molecule is C=CCON=Cc1ccc(-c2ccccc2NC(=O)c2sc(C)nc2C(F)F)cc1. The van der Waals surface area contributed by atoms with Gasteiger partial charge in [-0.2, -0.15) is 0 Å². The standard InChI is InChI=1S/C22H19F2N3O2S/c1-3-12-29-25-13-15-8-10-16(11-9-15)17-6-4-5-7-18(17)27-22(28)20-19(21(23)24)26-14(2)30-20/h3-11,13,21H,1,12H2,2H3,(H,27,28). The van der Waals surface area contributed by atoms with Gasteiger partial charge in [-0.05, 0) is 24.1 Å². The molecular formula is C22H19F2N3O2S. The molecule has 1 aromatic heterocycles. The number of aromatic nitrogens is 1. The van der Waals surface area contributed by atoms with Gasteiger partial charge in [0.15, 0.2) is 0 Å². The summed E-state index contributed by atoms with van der Waals surface area (Å²) in [6, 6.07) is 14.6. The Morgan fingerprint density at radius 1 is 1.27 bits per heavy atom. The maximum Gasteiger partial charge on any atom is 0.282 e. The normalized spacial score (nSPS) is 11.1. The summed E-state index contributed by atoms with van der Waals surface area (Å²) in [4.78, 5) is 21.3. The monoisotopic (exact) mass is 427 g/mol.